The number of rotatable bonds is 6. The maximum Gasteiger partial charge on any atom is 0.246 e. The highest BCUT2D eigenvalue weighted by atomic mass is 35.5. The van der Waals surface area contributed by atoms with Gasteiger partial charge < -0.3 is 15.0 Å². The van der Waals surface area contributed by atoms with Gasteiger partial charge in [0, 0.05) is 35.3 Å². The van der Waals surface area contributed by atoms with Crippen molar-refractivity contribution in [2.75, 3.05) is 19.8 Å². The number of hydrogen-bond donors (Lipinski definition) is 2. The highest BCUT2D eigenvalue weighted by Gasteiger charge is 2.05. The van der Waals surface area contributed by atoms with Gasteiger partial charge in [-0.25, -0.2) is 0 Å². The van der Waals surface area contributed by atoms with Crippen LogP contribution in [0.15, 0.2) is 24.4 Å². The number of nitrogens with one attached hydrogen (secondary N) is 2. The van der Waals surface area contributed by atoms with Crippen LogP contribution < -0.4 is 5.32 Å². The number of fused-ring (bicyclic) bond motifs is 1. The molecule has 0 radical (unpaired) electrons. The first kappa shape index (κ1) is 13.9. The van der Waals surface area contributed by atoms with Gasteiger partial charge in [-0.05, 0) is 37.1 Å². The molecule has 0 atom stereocenters. The number of carbonyl (C=O) groups is 1. The van der Waals surface area contributed by atoms with Gasteiger partial charge in [-0.2, -0.15) is 0 Å². The van der Waals surface area contributed by atoms with Gasteiger partial charge in [0.25, 0.3) is 0 Å². The lowest BCUT2D eigenvalue weighted by Crippen LogP contribution is -2.29. The van der Waals surface area contributed by atoms with E-state index in [4.69, 9.17) is 16.3 Å². The second-order valence-corrected chi connectivity index (χ2v) is 4.68. The van der Waals surface area contributed by atoms with E-state index in [9.17, 15) is 4.79 Å². The summed E-state index contributed by atoms with van der Waals surface area (Å²) < 4.78 is 5.03. The summed E-state index contributed by atoms with van der Waals surface area (Å²) in [6, 6.07) is 5.74. The van der Waals surface area contributed by atoms with E-state index >= 15 is 0 Å². The normalized spacial score (nSPS) is 10.8. The van der Waals surface area contributed by atoms with Gasteiger partial charge in [-0.15, -0.1) is 0 Å². The van der Waals surface area contributed by atoms with E-state index in [1.807, 2.05) is 31.3 Å². The first-order valence-electron chi connectivity index (χ1n) is 6.30. The van der Waals surface area contributed by atoms with E-state index in [1.165, 1.54) is 0 Å². The van der Waals surface area contributed by atoms with Crippen LogP contribution in [0.2, 0.25) is 5.02 Å². The van der Waals surface area contributed by atoms with Crippen LogP contribution >= 0.6 is 11.6 Å². The molecule has 19 heavy (non-hydrogen) atoms. The monoisotopic (exact) mass is 280 g/mol. The van der Waals surface area contributed by atoms with Crippen LogP contribution in [0.1, 0.15) is 12.5 Å². The minimum absolute atomic E-state index is 0.0836. The molecule has 0 fully saturated rings. The smallest absolute Gasteiger partial charge is 0.246 e. The number of ether oxygens (including phenoxy) is 1. The standard InChI is InChI=1S/C14H17ClN2O2/c1-2-19-9-14(18)16-6-5-10-8-17-13-4-3-11(15)7-12(10)13/h3-4,7-8,17H,2,5-6,9H2,1H3,(H,16,18). The number of halogens is 1. The van der Waals surface area contributed by atoms with Crippen LogP contribution in [0.4, 0.5) is 0 Å². The summed E-state index contributed by atoms with van der Waals surface area (Å²) in [7, 11) is 0. The lowest BCUT2D eigenvalue weighted by molar-refractivity contribution is -0.125. The molecule has 5 heteroatoms. The van der Waals surface area contributed by atoms with Crippen molar-refractivity contribution in [2.24, 2.45) is 0 Å². The number of aromatic amines is 1. The lowest BCUT2D eigenvalue weighted by atomic mass is 10.1. The second-order valence-electron chi connectivity index (χ2n) is 4.24. The molecule has 1 aromatic carbocycles. The molecule has 1 aromatic heterocycles. The van der Waals surface area contributed by atoms with Gasteiger partial charge in [0.15, 0.2) is 0 Å². The summed E-state index contributed by atoms with van der Waals surface area (Å²) in [5.41, 5.74) is 2.20. The predicted molar refractivity (Wildman–Crippen MR) is 76.5 cm³/mol. The van der Waals surface area contributed by atoms with Crippen molar-refractivity contribution in [1.82, 2.24) is 10.3 Å². The molecule has 1 heterocycles. The molecule has 0 aliphatic rings. The summed E-state index contributed by atoms with van der Waals surface area (Å²) in [6.45, 7) is 3.12. The fourth-order valence-corrected chi connectivity index (χ4v) is 2.11. The number of aromatic nitrogens is 1. The molecule has 0 spiro atoms. The fraction of sp³-hybridized carbons (Fsp3) is 0.357. The SMILES string of the molecule is CCOCC(=O)NCCc1c[nH]c2ccc(Cl)cc12. The lowest BCUT2D eigenvalue weighted by Gasteiger charge is -2.04. The molecular weight excluding hydrogens is 264 g/mol. The number of amides is 1. The minimum atomic E-state index is -0.0836. The first-order valence-corrected chi connectivity index (χ1v) is 6.68. The molecule has 0 unspecified atom stereocenters. The van der Waals surface area contributed by atoms with Crippen molar-refractivity contribution < 1.29 is 9.53 Å². The molecule has 2 aromatic rings. The number of hydrogen-bond acceptors (Lipinski definition) is 2. The maximum absolute atomic E-state index is 11.4. The Morgan fingerprint density at radius 3 is 3.11 bits per heavy atom. The van der Waals surface area contributed by atoms with E-state index in [2.05, 4.69) is 10.3 Å². The first-order chi connectivity index (χ1) is 9.20. The van der Waals surface area contributed by atoms with Gasteiger partial charge in [-0.1, -0.05) is 11.6 Å². The van der Waals surface area contributed by atoms with Crippen molar-refractivity contribution >= 4 is 28.4 Å². The molecular formula is C14H17ClN2O2. The topological polar surface area (TPSA) is 54.1 Å². The molecule has 2 N–H and O–H groups in total. The summed E-state index contributed by atoms with van der Waals surface area (Å²) >= 11 is 5.99. The Morgan fingerprint density at radius 1 is 1.47 bits per heavy atom. The van der Waals surface area contributed by atoms with Crippen LogP contribution in [0.25, 0.3) is 10.9 Å². The maximum atomic E-state index is 11.4. The van der Waals surface area contributed by atoms with Crippen molar-refractivity contribution in [3.05, 3.63) is 35.0 Å². The zero-order chi connectivity index (χ0) is 13.7. The minimum Gasteiger partial charge on any atom is -0.372 e. The van der Waals surface area contributed by atoms with Gasteiger partial charge in [0.2, 0.25) is 5.91 Å². The van der Waals surface area contributed by atoms with Crippen LogP contribution in [-0.4, -0.2) is 30.6 Å². The quantitative estimate of drug-likeness (QED) is 0.854. The Morgan fingerprint density at radius 2 is 2.32 bits per heavy atom. The number of carbonyl (C=O) groups excluding carboxylic acids is 1. The van der Waals surface area contributed by atoms with E-state index in [1.54, 1.807) is 0 Å². The Bertz CT molecular complexity index is 566. The summed E-state index contributed by atoms with van der Waals surface area (Å²) in [4.78, 5) is 14.6. The van der Waals surface area contributed by atoms with Crippen molar-refractivity contribution in [3.63, 3.8) is 0 Å². The van der Waals surface area contributed by atoms with Crippen molar-refractivity contribution in [1.29, 1.82) is 0 Å². The predicted octanol–water partition coefficient (Wildman–Crippen LogP) is 2.52. The molecule has 0 aliphatic carbocycles. The summed E-state index contributed by atoms with van der Waals surface area (Å²) in [5.74, 6) is -0.0836. The Balaban J connectivity index is 1.91. The third-order valence-electron chi connectivity index (χ3n) is 2.88. The number of H-pyrrole nitrogens is 1. The van der Waals surface area contributed by atoms with E-state index in [0.717, 1.165) is 22.9 Å². The number of benzene rings is 1. The zero-order valence-corrected chi connectivity index (χ0v) is 11.6. The highest BCUT2D eigenvalue weighted by molar-refractivity contribution is 6.31. The summed E-state index contributed by atoms with van der Waals surface area (Å²) in [5, 5.41) is 4.64. The molecule has 2 rings (SSSR count). The zero-order valence-electron chi connectivity index (χ0n) is 10.8. The van der Waals surface area contributed by atoms with Gasteiger partial charge in [0.05, 0.1) is 0 Å². The molecule has 0 bridgehead atoms. The third-order valence-corrected chi connectivity index (χ3v) is 3.12. The van der Waals surface area contributed by atoms with Gasteiger partial charge >= 0.3 is 0 Å². The molecule has 0 saturated carbocycles. The largest absolute Gasteiger partial charge is 0.372 e. The summed E-state index contributed by atoms with van der Waals surface area (Å²) in [6.07, 6.45) is 2.72. The average Bonchev–Trinajstić information content (AvgIpc) is 2.79. The Kier molecular flexibility index (Phi) is 4.82. The van der Waals surface area contributed by atoms with Gasteiger partial charge in [-0.3, -0.25) is 4.79 Å². The van der Waals surface area contributed by atoms with Crippen molar-refractivity contribution in [3.8, 4) is 0 Å². The average molecular weight is 281 g/mol. The fourth-order valence-electron chi connectivity index (χ4n) is 1.94. The highest BCUT2D eigenvalue weighted by Crippen LogP contribution is 2.22. The second kappa shape index (κ2) is 6.59. The van der Waals surface area contributed by atoms with E-state index < -0.39 is 0 Å². The third kappa shape index (κ3) is 3.72. The Labute approximate surface area is 117 Å². The molecule has 4 nitrogen and oxygen atoms in total. The molecule has 0 saturated heterocycles. The molecule has 0 aliphatic heterocycles. The van der Waals surface area contributed by atoms with Crippen molar-refractivity contribution in [2.45, 2.75) is 13.3 Å². The van der Waals surface area contributed by atoms with Crippen LogP contribution in [0.3, 0.4) is 0 Å². The van der Waals surface area contributed by atoms with E-state index in [0.29, 0.717) is 18.2 Å². The van der Waals surface area contributed by atoms with Crippen LogP contribution in [0, 0.1) is 0 Å². The molecule has 1 amide bonds. The van der Waals surface area contributed by atoms with Gasteiger partial charge in [0.1, 0.15) is 6.61 Å². The van der Waals surface area contributed by atoms with E-state index in [-0.39, 0.29) is 12.5 Å². The van der Waals surface area contributed by atoms with Crippen LogP contribution in [-0.2, 0) is 16.0 Å². The van der Waals surface area contributed by atoms with Crippen LogP contribution in [0.5, 0.6) is 0 Å². The Hall–Kier alpha value is -1.52. The molecule has 102 valence electrons.